The first-order chi connectivity index (χ1) is 38.7. The number of hydrogen-bond donors (Lipinski definition) is 0. The van der Waals surface area contributed by atoms with E-state index < -0.39 is 34.4 Å². The summed E-state index contributed by atoms with van der Waals surface area (Å²) in [5.41, 5.74) is 3.94. The molecule has 0 saturated carbocycles. The van der Waals surface area contributed by atoms with Gasteiger partial charge in [0.15, 0.2) is 19.8 Å². The summed E-state index contributed by atoms with van der Waals surface area (Å²) in [6.45, 7) is 22.5. The lowest BCUT2D eigenvalue weighted by molar-refractivity contribution is -0.149. The SMILES string of the molecule is COc1ccc(CO[C@@H]2C[C@@H](CC/C(Cl)=C/C/C=C(/CO[Si](c3ccccc3)(c3ccccc3)C(C)(C)C)C(CC(=O)OC(C)C)O[Si](C)(C)C(C)(C)C)O[C@@H]2COC(c2ccccc2)(c2ccccc2)c2ccccc2)cc1OC. The van der Waals surface area contributed by atoms with Crippen molar-refractivity contribution < 1.29 is 42.1 Å². The number of allylic oxidation sites excluding steroid dienone is 3. The van der Waals surface area contributed by atoms with Crippen molar-refractivity contribution in [1.29, 1.82) is 0 Å². The third-order valence-corrected chi connectivity index (χ3v) is 25.7. The van der Waals surface area contributed by atoms with Crippen LogP contribution in [-0.2, 0) is 44.8 Å². The van der Waals surface area contributed by atoms with Crippen LogP contribution in [0.4, 0.5) is 0 Å². The van der Waals surface area contributed by atoms with E-state index >= 15 is 0 Å². The first-order valence-corrected chi connectivity index (χ1v) is 33.8. The Morgan fingerprint density at radius 1 is 0.691 bits per heavy atom. The van der Waals surface area contributed by atoms with Gasteiger partial charge in [0.1, 0.15) is 11.7 Å². The fraction of sp³-hybridized carbons (Fsp3) is 0.406. The van der Waals surface area contributed by atoms with E-state index in [1.165, 1.54) is 10.4 Å². The molecule has 0 N–H and O–H groups in total. The van der Waals surface area contributed by atoms with Gasteiger partial charge >= 0.3 is 5.97 Å². The van der Waals surface area contributed by atoms with Crippen LogP contribution < -0.4 is 19.8 Å². The highest BCUT2D eigenvalue weighted by Gasteiger charge is 2.51. The predicted octanol–water partition coefficient (Wildman–Crippen LogP) is 15.3. The first-order valence-electron chi connectivity index (χ1n) is 28.6. The average molecular weight is 1150 g/mol. The Morgan fingerprint density at radius 2 is 1.21 bits per heavy atom. The van der Waals surface area contributed by atoms with Gasteiger partial charge in [-0.1, -0.05) is 223 Å². The van der Waals surface area contributed by atoms with Crippen molar-refractivity contribution >= 4 is 44.6 Å². The van der Waals surface area contributed by atoms with Crippen LogP contribution in [0.15, 0.2) is 193 Å². The summed E-state index contributed by atoms with van der Waals surface area (Å²) >= 11 is 7.27. The van der Waals surface area contributed by atoms with Gasteiger partial charge in [-0.25, -0.2) is 0 Å². The van der Waals surface area contributed by atoms with Crippen molar-refractivity contribution in [3.8, 4) is 11.5 Å². The van der Waals surface area contributed by atoms with E-state index in [0.29, 0.717) is 48.8 Å². The van der Waals surface area contributed by atoms with Crippen LogP contribution >= 0.6 is 11.6 Å². The molecule has 1 heterocycles. The van der Waals surface area contributed by atoms with Crippen LogP contribution in [0.25, 0.3) is 0 Å². The van der Waals surface area contributed by atoms with Gasteiger partial charge < -0.3 is 37.3 Å². The number of methoxy groups -OCH3 is 2. The molecule has 1 aliphatic heterocycles. The summed E-state index contributed by atoms with van der Waals surface area (Å²) in [6.07, 6.45) is 4.92. The zero-order valence-electron chi connectivity index (χ0n) is 49.9. The van der Waals surface area contributed by atoms with Crippen molar-refractivity contribution in [1.82, 2.24) is 0 Å². The predicted molar refractivity (Wildman–Crippen MR) is 334 cm³/mol. The van der Waals surface area contributed by atoms with Crippen LogP contribution in [0, 0.1) is 0 Å². The van der Waals surface area contributed by atoms with Gasteiger partial charge in [-0.05, 0) is 107 Å². The number of carbonyl (C=O) groups excluding carboxylic acids is 1. The standard InChI is InChI=1S/C69H87ClO9Si2/c1-51(2)77-66(71)47-62(79-80(11,12)67(3,4)5)53(49-76-81(68(6,7)8,59-37-24-16-25-38-59)60-39-26-17-27-40-60)29-28-36-57(70)42-43-58-46-64(74-48-52-41-44-61(72-9)63(45-52)73-10)65(78-58)50-75-69(54-30-18-13-19-31-54,55-32-20-14-21-33-55)56-34-22-15-23-35-56/h13-27,29-41,44-45,51,58,62,64-65H,28,42-43,46-50H2,1-12H3/b53-29-,57-36-/t58-,62?,64-,65-/m1/s1. The lowest BCUT2D eigenvalue weighted by Gasteiger charge is -2.44. The summed E-state index contributed by atoms with van der Waals surface area (Å²) in [5, 5.41) is 2.65. The van der Waals surface area contributed by atoms with Gasteiger partial charge in [0.25, 0.3) is 8.32 Å². The minimum atomic E-state index is -3.01. The van der Waals surface area contributed by atoms with E-state index in [2.05, 4.69) is 200 Å². The molecule has 0 amide bonds. The molecule has 0 bridgehead atoms. The number of ether oxygens (including phenoxy) is 6. The fourth-order valence-electron chi connectivity index (χ4n) is 10.7. The van der Waals surface area contributed by atoms with Crippen molar-refractivity contribution in [2.24, 2.45) is 0 Å². The van der Waals surface area contributed by atoms with E-state index in [0.717, 1.165) is 27.8 Å². The Morgan fingerprint density at radius 3 is 1.69 bits per heavy atom. The second kappa shape index (κ2) is 28.6. The summed E-state index contributed by atoms with van der Waals surface area (Å²) in [6, 6.07) is 58.3. The highest BCUT2D eigenvalue weighted by molar-refractivity contribution is 6.99. The second-order valence-electron chi connectivity index (χ2n) is 23.9. The van der Waals surface area contributed by atoms with Crippen molar-refractivity contribution in [2.45, 2.75) is 153 Å². The van der Waals surface area contributed by atoms with Crippen LogP contribution in [0.2, 0.25) is 23.2 Å². The zero-order chi connectivity index (χ0) is 58.3. The highest BCUT2D eigenvalue weighted by atomic mass is 35.5. The van der Waals surface area contributed by atoms with E-state index in [4.69, 9.17) is 48.9 Å². The molecule has 1 fully saturated rings. The first kappa shape index (κ1) is 63.0. The maximum absolute atomic E-state index is 13.8. The average Bonchev–Trinajstić information content (AvgIpc) is 4.02. The molecule has 1 aliphatic rings. The van der Waals surface area contributed by atoms with Gasteiger partial charge in [0, 0.05) is 11.5 Å². The number of rotatable bonds is 27. The minimum Gasteiger partial charge on any atom is -0.493 e. The maximum atomic E-state index is 13.8. The fourth-order valence-corrected chi connectivity index (χ4v) is 16.7. The Hall–Kier alpha value is -5.61. The van der Waals surface area contributed by atoms with Gasteiger partial charge in [0.2, 0.25) is 0 Å². The number of benzene rings is 6. The summed E-state index contributed by atoms with van der Waals surface area (Å²) in [4.78, 5) is 13.8. The van der Waals surface area contributed by atoms with Crippen LogP contribution in [0.1, 0.15) is 110 Å². The molecule has 6 aromatic rings. The molecule has 6 aromatic carbocycles. The largest absolute Gasteiger partial charge is 0.493 e. The van der Waals surface area contributed by atoms with E-state index in [1.807, 2.05) is 50.2 Å². The monoisotopic (exact) mass is 1150 g/mol. The summed E-state index contributed by atoms with van der Waals surface area (Å²) < 4.78 is 53.1. The lowest BCUT2D eigenvalue weighted by atomic mass is 9.80. The Kier molecular flexibility index (Phi) is 22.2. The second-order valence-corrected chi connectivity index (χ2v) is 33.5. The normalized spacial score (nSPS) is 17.0. The van der Waals surface area contributed by atoms with E-state index in [9.17, 15) is 4.79 Å². The molecule has 0 aromatic heterocycles. The highest BCUT2D eigenvalue weighted by Crippen LogP contribution is 2.43. The molecule has 81 heavy (non-hydrogen) atoms. The molecule has 9 nitrogen and oxygen atoms in total. The van der Waals surface area contributed by atoms with Crippen molar-refractivity contribution in [3.63, 3.8) is 0 Å². The van der Waals surface area contributed by atoms with Crippen LogP contribution in [0.5, 0.6) is 11.5 Å². The quantitative estimate of drug-likeness (QED) is 0.0216. The summed E-state index contributed by atoms with van der Waals surface area (Å²) in [5.74, 6) is 0.984. The molecular formula is C69H87ClO9Si2. The van der Waals surface area contributed by atoms with Crippen LogP contribution in [-0.4, -0.2) is 80.6 Å². The molecule has 12 heteroatoms. The van der Waals surface area contributed by atoms with Crippen LogP contribution in [0.3, 0.4) is 0 Å². The number of carbonyl (C=O) groups is 1. The molecular weight excluding hydrogens is 1060 g/mol. The third kappa shape index (κ3) is 15.9. The minimum absolute atomic E-state index is 0.0559. The molecule has 7 rings (SSSR count). The van der Waals surface area contributed by atoms with Crippen molar-refractivity contribution in [3.05, 3.63) is 215 Å². The Bertz CT molecular complexity index is 2800. The number of esters is 1. The molecule has 0 spiro atoms. The summed E-state index contributed by atoms with van der Waals surface area (Å²) in [7, 11) is -2.20. The smallest absolute Gasteiger partial charge is 0.308 e. The maximum Gasteiger partial charge on any atom is 0.308 e. The zero-order valence-corrected chi connectivity index (χ0v) is 52.7. The lowest BCUT2D eigenvalue weighted by Crippen LogP contribution is -2.66. The van der Waals surface area contributed by atoms with Gasteiger partial charge in [-0.15, -0.1) is 0 Å². The van der Waals surface area contributed by atoms with Crippen molar-refractivity contribution in [2.75, 3.05) is 27.4 Å². The van der Waals surface area contributed by atoms with E-state index in [-0.39, 0.29) is 54.0 Å². The van der Waals surface area contributed by atoms with Gasteiger partial charge in [-0.2, -0.15) is 0 Å². The Balaban J connectivity index is 1.18. The van der Waals surface area contributed by atoms with E-state index in [1.54, 1.807) is 14.2 Å². The molecule has 0 aliphatic carbocycles. The van der Waals surface area contributed by atoms with Gasteiger partial charge in [-0.3, -0.25) is 4.79 Å². The molecule has 1 unspecified atom stereocenters. The number of hydrogen-bond acceptors (Lipinski definition) is 9. The third-order valence-electron chi connectivity index (χ3n) is 15.9. The van der Waals surface area contributed by atoms with Gasteiger partial charge in [0.05, 0.1) is 64.9 Å². The molecule has 0 radical (unpaired) electrons. The number of halogens is 1. The Labute approximate surface area is 491 Å². The molecule has 4 atom stereocenters. The topological polar surface area (TPSA) is 90.9 Å². The molecule has 1 saturated heterocycles. The molecule has 432 valence electrons.